The van der Waals surface area contributed by atoms with Crippen molar-refractivity contribution >= 4 is 0 Å². The predicted molar refractivity (Wildman–Crippen MR) is 46.8 cm³/mol. The molecule has 14 heavy (non-hydrogen) atoms. The first kappa shape index (κ1) is 13.0. The van der Waals surface area contributed by atoms with Gasteiger partial charge in [0.25, 0.3) is 0 Å². The van der Waals surface area contributed by atoms with Crippen LogP contribution in [0.3, 0.4) is 0 Å². The molecule has 0 bridgehead atoms. The van der Waals surface area contributed by atoms with E-state index in [0.717, 1.165) is 0 Å². The molecule has 82 valence electrons. The molecule has 0 rings (SSSR count). The number of hydrogen-bond acceptors (Lipinski definition) is 3. The van der Waals surface area contributed by atoms with E-state index in [2.05, 4.69) is 11.4 Å². The van der Waals surface area contributed by atoms with Crippen LogP contribution in [0, 0.1) is 0 Å². The topological polar surface area (TPSA) is 61.3 Å². The average Bonchev–Trinajstić information content (AvgIpc) is 2.11. The highest BCUT2D eigenvalue weighted by molar-refractivity contribution is 5.34. The lowest BCUT2D eigenvalue weighted by molar-refractivity contribution is -0.0896. The van der Waals surface area contributed by atoms with E-state index in [0.29, 0.717) is 0 Å². The Hall–Kier alpha value is -1.01. The summed E-state index contributed by atoms with van der Waals surface area (Å²) in [6.07, 6.45) is -4.37. The van der Waals surface area contributed by atoms with Gasteiger partial charge >= 0.3 is 6.18 Å². The second-order valence-corrected chi connectivity index (χ2v) is 2.55. The Kier molecular flexibility index (Phi) is 4.65. The number of rotatable bonds is 4. The number of allylic oxidation sites excluding steroid dienone is 2. The van der Waals surface area contributed by atoms with Crippen LogP contribution in [-0.2, 0) is 4.84 Å². The molecule has 0 aliphatic rings. The lowest BCUT2D eigenvalue weighted by Crippen LogP contribution is -2.19. The van der Waals surface area contributed by atoms with Crippen molar-refractivity contribution in [1.82, 2.24) is 0 Å². The van der Waals surface area contributed by atoms with Crippen LogP contribution in [0.2, 0.25) is 0 Å². The minimum absolute atomic E-state index is 0.0881. The molecule has 0 amide bonds. The summed E-state index contributed by atoms with van der Waals surface area (Å²) in [6.45, 7) is 4.30. The smallest absolute Gasteiger partial charge is 0.414 e. The van der Waals surface area contributed by atoms with E-state index < -0.39 is 11.7 Å². The lowest BCUT2D eigenvalue weighted by atomic mass is 10.0. The maximum absolute atomic E-state index is 12.2. The zero-order valence-electron chi connectivity index (χ0n) is 7.82. The van der Waals surface area contributed by atoms with Crippen molar-refractivity contribution in [1.29, 1.82) is 0 Å². The molecular weight excluding hydrogens is 197 g/mol. The molecule has 0 atom stereocenters. The van der Waals surface area contributed by atoms with Crippen LogP contribution in [0.25, 0.3) is 0 Å². The number of halogens is 3. The Balaban J connectivity index is 5.08. The van der Waals surface area contributed by atoms with Crippen LogP contribution < -0.4 is 11.6 Å². The third-order valence-corrected chi connectivity index (χ3v) is 1.72. The summed E-state index contributed by atoms with van der Waals surface area (Å²) in [4.78, 5) is 4.26. The van der Waals surface area contributed by atoms with E-state index in [1.165, 1.54) is 0 Å². The molecule has 3 nitrogen and oxygen atoms in total. The van der Waals surface area contributed by atoms with Gasteiger partial charge in [-0.3, -0.25) is 0 Å². The SMILES string of the molecule is C=C(/C(CC)=C(/CN)ON)C(F)(F)F. The van der Waals surface area contributed by atoms with Crippen molar-refractivity contribution in [2.75, 3.05) is 6.54 Å². The third kappa shape index (κ3) is 3.04. The molecule has 0 saturated heterocycles. The van der Waals surface area contributed by atoms with E-state index in [-0.39, 0.29) is 24.3 Å². The van der Waals surface area contributed by atoms with E-state index in [1.54, 1.807) is 6.92 Å². The average molecular weight is 210 g/mol. The molecule has 0 heterocycles. The monoisotopic (exact) mass is 210 g/mol. The highest BCUT2D eigenvalue weighted by Crippen LogP contribution is 2.32. The fraction of sp³-hybridized carbons (Fsp3) is 0.500. The molecule has 0 aromatic carbocycles. The van der Waals surface area contributed by atoms with E-state index >= 15 is 0 Å². The highest BCUT2D eigenvalue weighted by Gasteiger charge is 2.35. The molecule has 0 unspecified atom stereocenters. The summed E-state index contributed by atoms with van der Waals surface area (Å²) in [6, 6.07) is 0. The molecule has 0 aromatic rings. The Bertz CT molecular complexity index is 239. The minimum Gasteiger partial charge on any atom is -0.414 e. The molecule has 6 heteroatoms. The molecule has 0 fully saturated rings. The zero-order valence-corrected chi connectivity index (χ0v) is 7.82. The normalized spacial score (nSPS) is 13.6. The molecule has 0 aromatic heterocycles. The summed E-state index contributed by atoms with van der Waals surface area (Å²) in [7, 11) is 0. The van der Waals surface area contributed by atoms with Gasteiger partial charge in [-0.2, -0.15) is 19.1 Å². The Morgan fingerprint density at radius 1 is 1.43 bits per heavy atom. The molecule has 0 spiro atoms. The highest BCUT2D eigenvalue weighted by atomic mass is 19.4. The van der Waals surface area contributed by atoms with Gasteiger partial charge < -0.3 is 10.6 Å². The Labute approximate surface area is 80.2 Å². The van der Waals surface area contributed by atoms with Gasteiger partial charge in [0, 0.05) is 5.57 Å². The van der Waals surface area contributed by atoms with Crippen LogP contribution in [0.1, 0.15) is 13.3 Å². The van der Waals surface area contributed by atoms with Crippen molar-refractivity contribution in [3.8, 4) is 0 Å². The maximum Gasteiger partial charge on any atom is 0.416 e. The van der Waals surface area contributed by atoms with Gasteiger partial charge in [-0.25, -0.2) is 0 Å². The van der Waals surface area contributed by atoms with Crippen LogP contribution in [-0.4, -0.2) is 12.7 Å². The summed E-state index contributed by atoms with van der Waals surface area (Å²) >= 11 is 0. The molecule has 0 aliphatic carbocycles. The van der Waals surface area contributed by atoms with Gasteiger partial charge in [0.1, 0.15) is 5.76 Å². The van der Waals surface area contributed by atoms with Crippen molar-refractivity contribution in [2.45, 2.75) is 19.5 Å². The number of nitrogens with two attached hydrogens (primary N) is 2. The largest absolute Gasteiger partial charge is 0.416 e. The van der Waals surface area contributed by atoms with Crippen LogP contribution in [0.5, 0.6) is 0 Å². The zero-order chi connectivity index (χ0) is 11.4. The predicted octanol–water partition coefficient (Wildman–Crippen LogP) is 1.62. The summed E-state index contributed by atoms with van der Waals surface area (Å²) in [5, 5.41) is 0. The van der Waals surface area contributed by atoms with Gasteiger partial charge in [0.05, 0.1) is 12.1 Å². The summed E-state index contributed by atoms with van der Waals surface area (Å²) < 4.78 is 36.7. The third-order valence-electron chi connectivity index (χ3n) is 1.72. The number of hydrogen-bond donors (Lipinski definition) is 2. The van der Waals surface area contributed by atoms with Crippen molar-refractivity contribution in [3.05, 3.63) is 23.5 Å². The molecule has 0 aliphatic heterocycles. The van der Waals surface area contributed by atoms with Crippen molar-refractivity contribution < 1.29 is 18.0 Å². The quantitative estimate of drug-likeness (QED) is 0.421. The van der Waals surface area contributed by atoms with Crippen molar-refractivity contribution in [3.63, 3.8) is 0 Å². The van der Waals surface area contributed by atoms with Gasteiger partial charge in [-0.15, -0.1) is 0 Å². The second-order valence-electron chi connectivity index (χ2n) is 2.55. The van der Waals surface area contributed by atoms with E-state index in [4.69, 9.17) is 11.6 Å². The lowest BCUT2D eigenvalue weighted by Gasteiger charge is -2.15. The van der Waals surface area contributed by atoms with E-state index in [1.807, 2.05) is 0 Å². The van der Waals surface area contributed by atoms with Gasteiger partial charge in [-0.1, -0.05) is 13.5 Å². The van der Waals surface area contributed by atoms with Gasteiger partial charge in [-0.05, 0) is 6.42 Å². The Morgan fingerprint density at radius 2 is 1.93 bits per heavy atom. The number of alkyl halides is 3. The summed E-state index contributed by atoms with van der Waals surface area (Å²) in [5.74, 6) is 4.71. The minimum atomic E-state index is -4.48. The van der Waals surface area contributed by atoms with Crippen molar-refractivity contribution in [2.24, 2.45) is 11.6 Å². The van der Waals surface area contributed by atoms with E-state index in [9.17, 15) is 13.2 Å². The first-order valence-electron chi connectivity index (χ1n) is 3.93. The van der Waals surface area contributed by atoms with Crippen LogP contribution >= 0.6 is 0 Å². The second kappa shape index (κ2) is 5.02. The Morgan fingerprint density at radius 3 is 2.14 bits per heavy atom. The molecule has 0 saturated carbocycles. The fourth-order valence-electron chi connectivity index (χ4n) is 0.992. The first-order valence-corrected chi connectivity index (χ1v) is 3.93. The van der Waals surface area contributed by atoms with Crippen LogP contribution in [0.4, 0.5) is 13.2 Å². The summed E-state index contributed by atoms with van der Waals surface area (Å²) in [5.41, 5.74) is 4.11. The van der Waals surface area contributed by atoms with Gasteiger partial charge in [0.2, 0.25) is 0 Å². The standard InChI is InChI=1S/C8H13F3N2O/c1-3-6(7(4-12)14-13)5(2)8(9,10)11/h2-4,12-13H2,1H3/b7-6-. The molecule has 4 N–H and O–H groups in total. The first-order chi connectivity index (χ1) is 6.38. The fourth-order valence-corrected chi connectivity index (χ4v) is 0.992. The molecule has 0 radical (unpaired) electrons. The maximum atomic E-state index is 12.2. The van der Waals surface area contributed by atoms with Gasteiger partial charge in [0.15, 0.2) is 0 Å². The molecular formula is C8H13F3N2O. The van der Waals surface area contributed by atoms with Crippen LogP contribution in [0.15, 0.2) is 23.5 Å².